The highest BCUT2D eigenvalue weighted by molar-refractivity contribution is 14.0. The molecule has 2 aliphatic rings. The molecule has 4 rings (SSSR count). The maximum Gasteiger partial charge on any atom is 0.191 e. The summed E-state index contributed by atoms with van der Waals surface area (Å²) in [6.45, 7) is 7.05. The molecule has 0 unspecified atom stereocenters. The van der Waals surface area contributed by atoms with Crippen LogP contribution in [0.15, 0.2) is 35.3 Å². The van der Waals surface area contributed by atoms with Crippen LogP contribution in [0.5, 0.6) is 0 Å². The number of piperidine rings is 1. The van der Waals surface area contributed by atoms with E-state index in [-0.39, 0.29) is 24.0 Å². The van der Waals surface area contributed by atoms with Crippen LogP contribution in [0.25, 0.3) is 0 Å². The number of anilines is 1. The molecule has 0 amide bonds. The highest BCUT2D eigenvalue weighted by atomic mass is 127. The fraction of sp³-hybridized carbons (Fsp3) is 0.625. The first-order valence-electron chi connectivity index (χ1n) is 12.1. The zero-order chi connectivity index (χ0) is 21.3. The predicted molar refractivity (Wildman–Crippen MR) is 142 cm³/mol. The monoisotopic (exact) mass is 551 g/mol. The molecule has 0 aliphatic carbocycles. The van der Waals surface area contributed by atoms with Crippen LogP contribution in [-0.4, -0.2) is 52.9 Å². The minimum Gasteiger partial charge on any atom is -0.371 e. The third kappa shape index (κ3) is 6.83. The molecule has 1 saturated heterocycles. The fourth-order valence-electron chi connectivity index (χ4n) is 4.59. The molecule has 0 atom stereocenters. The number of aliphatic imine (C=N–C) groups is 1. The number of nitrogens with zero attached hydrogens (tertiary/aromatic N) is 5. The fourth-order valence-corrected chi connectivity index (χ4v) is 4.59. The van der Waals surface area contributed by atoms with Gasteiger partial charge < -0.3 is 20.1 Å². The Kier molecular flexibility index (Phi) is 10.1. The number of para-hydroxylation sites is 1. The second-order valence-corrected chi connectivity index (χ2v) is 8.60. The van der Waals surface area contributed by atoms with Crippen molar-refractivity contribution in [3.8, 4) is 0 Å². The van der Waals surface area contributed by atoms with Gasteiger partial charge >= 0.3 is 0 Å². The molecule has 0 bridgehead atoms. The van der Waals surface area contributed by atoms with Gasteiger partial charge in [0, 0.05) is 57.3 Å². The molecule has 1 aromatic heterocycles. The summed E-state index contributed by atoms with van der Waals surface area (Å²) in [7, 11) is 0. The molecule has 2 aliphatic heterocycles. The first-order chi connectivity index (χ1) is 15.3. The molecule has 7 nitrogen and oxygen atoms in total. The molecule has 8 heteroatoms. The highest BCUT2D eigenvalue weighted by Gasteiger charge is 2.20. The van der Waals surface area contributed by atoms with Crippen molar-refractivity contribution in [3.63, 3.8) is 0 Å². The van der Waals surface area contributed by atoms with E-state index in [1.54, 1.807) is 0 Å². The lowest BCUT2D eigenvalue weighted by Gasteiger charge is -2.34. The first-order valence-corrected chi connectivity index (χ1v) is 12.1. The summed E-state index contributed by atoms with van der Waals surface area (Å²) in [6, 6.07) is 11.2. The number of aryl methyl sites for hydroxylation is 2. The first kappa shape index (κ1) is 24.8. The smallest absolute Gasteiger partial charge is 0.191 e. The van der Waals surface area contributed by atoms with Crippen LogP contribution < -0.4 is 15.5 Å². The van der Waals surface area contributed by atoms with Gasteiger partial charge in [-0.3, -0.25) is 4.99 Å². The minimum absolute atomic E-state index is 0. The Morgan fingerprint density at radius 3 is 2.66 bits per heavy atom. The molecule has 1 fully saturated rings. The van der Waals surface area contributed by atoms with Crippen LogP contribution in [0.1, 0.15) is 57.1 Å². The van der Waals surface area contributed by atoms with Gasteiger partial charge in [0.1, 0.15) is 11.6 Å². The van der Waals surface area contributed by atoms with E-state index in [2.05, 4.69) is 67.6 Å². The van der Waals surface area contributed by atoms with Gasteiger partial charge in [-0.1, -0.05) is 24.6 Å². The zero-order valence-electron chi connectivity index (χ0n) is 19.3. The normalized spacial score (nSPS) is 17.3. The van der Waals surface area contributed by atoms with Gasteiger partial charge in [-0.05, 0) is 51.2 Å². The number of fused-ring (bicyclic) bond motifs is 1. The maximum absolute atomic E-state index is 4.84. The second kappa shape index (κ2) is 13.0. The summed E-state index contributed by atoms with van der Waals surface area (Å²) in [5.41, 5.74) is 1.33. The SMILES string of the molecule is CCNC(=NCCCc1nnc2n1CCCCC2)NC1CCN(c2ccccc2)CC1.I. The molecule has 176 valence electrons. The van der Waals surface area contributed by atoms with Crippen LogP contribution in [-0.2, 0) is 19.4 Å². The maximum atomic E-state index is 4.84. The number of halogens is 1. The molecule has 32 heavy (non-hydrogen) atoms. The van der Waals surface area contributed by atoms with Gasteiger partial charge in [0.05, 0.1) is 0 Å². The van der Waals surface area contributed by atoms with E-state index in [9.17, 15) is 0 Å². The van der Waals surface area contributed by atoms with Gasteiger partial charge in [0.25, 0.3) is 0 Å². The van der Waals surface area contributed by atoms with Crippen molar-refractivity contribution in [2.45, 2.75) is 70.9 Å². The molecule has 0 saturated carbocycles. The summed E-state index contributed by atoms with van der Waals surface area (Å²) in [6.07, 6.45) is 9.07. The highest BCUT2D eigenvalue weighted by Crippen LogP contribution is 2.19. The topological polar surface area (TPSA) is 70.4 Å². The van der Waals surface area contributed by atoms with E-state index in [1.807, 2.05) is 0 Å². The Balaban J connectivity index is 0.00000289. The number of rotatable bonds is 7. The number of guanidine groups is 1. The third-order valence-corrected chi connectivity index (χ3v) is 6.32. The van der Waals surface area contributed by atoms with E-state index in [4.69, 9.17) is 4.99 Å². The lowest BCUT2D eigenvalue weighted by molar-refractivity contribution is 0.461. The number of hydrogen-bond acceptors (Lipinski definition) is 4. The van der Waals surface area contributed by atoms with Crippen molar-refractivity contribution in [2.75, 3.05) is 31.1 Å². The Hall–Kier alpha value is -1.84. The van der Waals surface area contributed by atoms with E-state index in [1.165, 1.54) is 30.8 Å². The standard InChI is InChI=1S/C24H37N7.HI/c1-2-25-24(27-20-14-18-30(19-15-20)21-10-5-3-6-11-21)26-16-9-13-23-29-28-22-12-7-4-8-17-31(22)23;/h3,5-6,10-11,20H,2,4,7-9,12-19H2,1H3,(H2,25,26,27);1H. The van der Waals surface area contributed by atoms with Crippen molar-refractivity contribution < 1.29 is 0 Å². The Morgan fingerprint density at radius 1 is 1.06 bits per heavy atom. The lowest BCUT2D eigenvalue weighted by atomic mass is 10.0. The van der Waals surface area contributed by atoms with Crippen molar-refractivity contribution >= 4 is 35.6 Å². The third-order valence-electron chi connectivity index (χ3n) is 6.32. The van der Waals surface area contributed by atoms with Crippen molar-refractivity contribution in [1.82, 2.24) is 25.4 Å². The van der Waals surface area contributed by atoms with Gasteiger partial charge in [0.2, 0.25) is 0 Å². The van der Waals surface area contributed by atoms with Crippen LogP contribution in [0, 0.1) is 0 Å². The molecular weight excluding hydrogens is 513 g/mol. The summed E-state index contributed by atoms with van der Waals surface area (Å²) in [4.78, 5) is 7.31. The molecule has 2 aromatic rings. The molecule has 1 aromatic carbocycles. The number of nitrogens with one attached hydrogen (secondary N) is 2. The average Bonchev–Trinajstić information content (AvgIpc) is 3.03. The number of benzene rings is 1. The summed E-state index contributed by atoms with van der Waals surface area (Å²) >= 11 is 0. The summed E-state index contributed by atoms with van der Waals surface area (Å²) in [5, 5.41) is 15.9. The second-order valence-electron chi connectivity index (χ2n) is 8.60. The number of hydrogen-bond donors (Lipinski definition) is 2. The van der Waals surface area contributed by atoms with Crippen molar-refractivity contribution in [1.29, 1.82) is 0 Å². The van der Waals surface area contributed by atoms with Crippen LogP contribution in [0.3, 0.4) is 0 Å². The van der Waals surface area contributed by atoms with Gasteiger partial charge in [0.15, 0.2) is 5.96 Å². The zero-order valence-corrected chi connectivity index (χ0v) is 21.6. The number of aromatic nitrogens is 3. The van der Waals surface area contributed by atoms with Gasteiger partial charge in [-0.2, -0.15) is 0 Å². The molecular formula is C24H38IN7. The van der Waals surface area contributed by atoms with E-state index in [0.29, 0.717) is 6.04 Å². The Bertz CT molecular complexity index is 828. The lowest BCUT2D eigenvalue weighted by Crippen LogP contribution is -2.48. The molecule has 0 spiro atoms. The molecule has 0 radical (unpaired) electrons. The van der Waals surface area contributed by atoms with E-state index >= 15 is 0 Å². The molecule has 2 N–H and O–H groups in total. The quantitative estimate of drug-likeness (QED) is 0.237. The average molecular weight is 552 g/mol. The molecule has 3 heterocycles. The van der Waals surface area contributed by atoms with Crippen molar-refractivity contribution in [2.24, 2.45) is 4.99 Å². The summed E-state index contributed by atoms with van der Waals surface area (Å²) in [5.74, 6) is 3.26. The van der Waals surface area contributed by atoms with Gasteiger partial charge in [-0.25, -0.2) is 0 Å². The summed E-state index contributed by atoms with van der Waals surface area (Å²) < 4.78 is 2.35. The largest absolute Gasteiger partial charge is 0.371 e. The predicted octanol–water partition coefficient (Wildman–Crippen LogP) is 3.78. The van der Waals surface area contributed by atoms with Crippen LogP contribution in [0.2, 0.25) is 0 Å². The van der Waals surface area contributed by atoms with Gasteiger partial charge in [-0.15, -0.1) is 34.2 Å². The van der Waals surface area contributed by atoms with Crippen LogP contribution in [0.4, 0.5) is 5.69 Å². The van der Waals surface area contributed by atoms with E-state index < -0.39 is 0 Å². The van der Waals surface area contributed by atoms with E-state index in [0.717, 1.165) is 76.6 Å². The Labute approximate surface area is 209 Å². The Morgan fingerprint density at radius 2 is 1.88 bits per heavy atom. The van der Waals surface area contributed by atoms with Crippen LogP contribution >= 0.6 is 24.0 Å². The van der Waals surface area contributed by atoms with Crippen molar-refractivity contribution in [3.05, 3.63) is 42.0 Å². The minimum atomic E-state index is 0.